The summed E-state index contributed by atoms with van der Waals surface area (Å²) in [5.41, 5.74) is 0.123. The van der Waals surface area contributed by atoms with E-state index in [1.165, 1.54) is 0 Å². The highest BCUT2D eigenvalue weighted by molar-refractivity contribution is 6.17. The van der Waals surface area contributed by atoms with Crippen LogP contribution in [0, 0.1) is 33.1 Å². The molecule has 2 aliphatic carbocycles. The maximum Gasteiger partial charge on any atom is 0.233 e. The normalized spacial score (nSPS) is 12.3. The molecular formula is C60H56N2O13. The smallest absolute Gasteiger partial charge is 0.233 e. The minimum Gasteiger partial charge on any atom is -0.507 e. The zero-order chi connectivity index (χ0) is 54.6. The van der Waals surface area contributed by atoms with Gasteiger partial charge in [0.15, 0.2) is 40.8 Å². The van der Waals surface area contributed by atoms with Crippen LogP contribution in [0.3, 0.4) is 0 Å². The minimum atomic E-state index is -0.903. The zero-order valence-corrected chi connectivity index (χ0v) is 43.4. The highest BCUT2D eigenvalue weighted by atomic mass is 16.4. The minimum absolute atomic E-state index is 0.0525. The molecule has 75 heavy (non-hydrogen) atoms. The van der Waals surface area contributed by atoms with Crippen molar-refractivity contribution in [3.05, 3.63) is 100 Å². The maximum absolute atomic E-state index is 15.2. The van der Waals surface area contributed by atoms with Gasteiger partial charge in [0.05, 0.1) is 16.7 Å². The number of carbonyl (C=O) groups excluding carboxylic acids is 1. The first-order chi connectivity index (χ1) is 35.3. The molecule has 0 amide bonds. The molecule has 15 heteroatoms. The molecule has 0 radical (unpaired) electrons. The fourth-order valence-electron chi connectivity index (χ4n) is 12.1. The van der Waals surface area contributed by atoms with Gasteiger partial charge in [-0.2, -0.15) is 0 Å². The summed E-state index contributed by atoms with van der Waals surface area (Å²) in [6, 6.07) is 6.81. The summed E-state index contributed by atoms with van der Waals surface area (Å²) in [6.45, 7) is 21.3. The second kappa shape index (κ2) is 16.9. The summed E-state index contributed by atoms with van der Waals surface area (Å²) in [6.07, 6.45) is 1.17. The molecule has 2 aliphatic heterocycles. The van der Waals surface area contributed by atoms with Crippen LogP contribution in [0.5, 0.6) is 46.0 Å². The van der Waals surface area contributed by atoms with E-state index in [9.17, 15) is 45.6 Å². The number of H-pyrrole nitrogens is 1. The number of rotatable bonds is 8. The lowest BCUT2D eigenvalue weighted by molar-refractivity contribution is 0.112. The van der Waals surface area contributed by atoms with Gasteiger partial charge in [-0.25, -0.2) is 0 Å². The Morgan fingerprint density at radius 2 is 0.867 bits per heavy atom. The van der Waals surface area contributed by atoms with Crippen molar-refractivity contribution < 1.29 is 54.5 Å². The fourth-order valence-corrected chi connectivity index (χ4v) is 12.1. The number of aryl methyl sites for hydroxylation is 4. The molecule has 15 nitrogen and oxygen atoms in total. The van der Waals surface area contributed by atoms with Gasteiger partial charge in [-0.05, 0) is 101 Å². The number of aromatic hydroxyl groups is 8. The van der Waals surface area contributed by atoms with Crippen LogP contribution in [0.25, 0.3) is 99.4 Å². The molecular weight excluding hydrogens is 957 g/mol. The van der Waals surface area contributed by atoms with Gasteiger partial charge in [0.1, 0.15) is 22.7 Å². The molecule has 0 unspecified atom stereocenters. The van der Waals surface area contributed by atoms with Gasteiger partial charge in [0.2, 0.25) is 22.3 Å². The summed E-state index contributed by atoms with van der Waals surface area (Å²) < 4.78 is 14.2. The quantitative estimate of drug-likeness (QED) is 0.0386. The summed E-state index contributed by atoms with van der Waals surface area (Å²) in [7, 11) is 0. The number of hydrogen-bond donors (Lipinski definition) is 10. The van der Waals surface area contributed by atoms with Crippen LogP contribution in [-0.2, 0) is 0 Å². The third-order valence-electron chi connectivity index (χ3n) is 15.2. The van der Waals surface area contributed by atoms with Gasteiger partial charge < -0.3 is 55.1 Å². The number of aromatic nitrogens is 1. The molecule has 10 N–H and O–H groups in total. The number of carbonyl (C=O) groups is 1. The number of hydrogen-bond acceptors (Lipinski definition) is 14. The number of phenols is 8. The summed E-state index contributed by atoms with van der Waals surface area (Å²) in [5.74, 6) is -6.02. The third kappa shape index (κ3) is 6.58. The van der Waals surface area contributed by atoms with Crippen LogP contribution in [0.2, 0.25) is 0 Å². The standard InChI is InChI=1S/C60H56N2O13/c1-19(2)33-27-14-25(11)39(50(67)41(27)31(17-61)48(65)51(33)68)40-26(12)15-29-35(21(5)6)53(70)56(73)46-44(29)58(40)75-60-45-43-28(34(20(3)4)52(69)55(45)72)13-23(9)37(57(43)74-59(46)62-60)30-16-24(10)38-36(22(7)8)54(71)49(66)32(18-63)42(38)47(30)64/h13-22,61-62,64-71H,1-12H3. The highest BCUT2D eigenvalue weighted by Gasteiger charge is 2.36. The second-order valence-electron chi connectivity index (χ2n) is 21.2. The van der Waals surface area contributed by atoms with Gasteiger partial charge in [-0.3, -0.25) is 19.4 Å². The number of nitrogens with one attached hydrogen (secondary N) is 2. The Morgan fingerprint density at radius 1 is 0.440 bits per heavy atom. The molecule has 0 saturated carbocycles. The van der Waals surface area contributed by atoms with Crippen molar-refractivity contribution >= 4 is 67.4 Å². The topological polar surface area (TPSA) is 279 Å². The summed E-state index contributed by atoms with van der Waals surface area (Å²) >= 11 is 0. The Morgan fingerprint density at radius 3 is 1.35 bits per heavy atom. The molecule has 0 saturated heterocycles. The van der Waals surface area contributed by atoms with Crippen LogP contribution >= 0.6 is 0 Å². The first kappa shape index (κ1) is 49.8. The van der Waals surface area contributed by atoms with E-state index in [0.717, 1.165) is 6.21 Å². The third-order valence-corrected chi connectivity index (χ3v) is 15.2. The predicted octanol–water partition coefficient (Wildman–Crippen LogP) is 13.4. The second-order valence-corrected chi connectivity index (χ2v) is 21.2. The fraction of sp³-hybridized carbons (Fsp3) is 0.267. The average Bonchev–Trinajstić information content (AvgIpc) is 3.64. The van der Waals surface area contributed by atoms with Gasteiger partial charge in [-0.15, -0.1) is 0 Å². The predicted molar refractivity (Wildman–Crippen MR) is 291 cm³/mol. The molecule has 0 spiro atoms. The lowest BCUT2D eigenvalue weighted by Gasteiger charge is -2.23. The zero-order valence-electron chi connectivity index (χ0n) is 43.4. The van der Waals surface area contributed by atoms with Crippen LogP contribution in [0.15, 0.2) is 42.7 Å². The van der Waals surface area contributed by atoms with E-state index in [1.807, 2.05) is 13.8 Å². The monoisotopic (exact) mass is 1010 g/mol. The Hall–Kier alpha value is -8.72. The molecule has 2 heterocycles. The SMILES string of the molecule is Cc1cc2c(C(C)C)c(O)c(O)c(C=N)c2c(O)c1-c1c(C)cc2c(C(C)C)c(O)c(=O)c3c4[nH]c(oc1c2-3)c1c(=O)c(O)c(C(C)C)c2cc(C)c(-c3cc(C)c5c(C(C)C)c(O)c(O)c(C=O)c5c3O)c(o4)c2-1. The van der Waals surface area contributed by atoms with Crippen molar-refractivity contribution in [3.8, 4) is 90.5 Å². The van der Waals surface area contributed by atoms with Crippen molar-refractivity contribution in [1.29, 1.82) is 5.41 Å². The van der Waals surface area contributed by atoms with Crippen LogP contribution in [-0.4, -0.2) is 58.3 Å². The van der Waals surface area contributed by atoms with Gasteiger partial charge in [0.25, 0.3) is 0 Å². The van der Waals surface area contributed by atoms with Crippen molar-refractivity contribution in [3.63, 3.8) is 0 Å². The summed E-state index contributed by atoms with van der Waals surface area (Å²) in [5, 5.41) is 104. The molecule has 6 aromatic rings. The van der Waals surface area contributed by atoms with Crippen LogP contribution in [0.1, 0.15) is 139 Å². The summed E-state index contributed by atoms with van der Waals surface area (Å²) in [4.78, 5) is 46.4. The van der Waals surface area contributed by atoms with Crippen molar-refractivity contribution in [2.24, 2.45) is 0 Å². The molecule has 0 atom stereocenters. The highest BCUT2D eigenvalue weighted by Crippen LogP contribution is 2.56. The molecule has 4 aliphatic rings. The van der Waals surface area contributed by atoms with Gasteiger partial charge in [-0.1, -0.05) is 73.6 Å². The number of benzene rings is 8. The molecule has 0 aromatic heterocycles. The number of phenolic OH excluding ortho intramolecular Hbond substituents is 8. The molecule has 384 valence electrons. The van der Waals surface area contributed by atoms with E-state index in [4.69, 9.17) is 14.2 Å². The largest absolute Gasteiger partial charge is 0.507 e. The van der Waals surface area contributed by atoms with Crippen molar-refractivity contribution in [1.82, 2.24) is 4.98 Å². The van der Waals surface area contributed by atoms with Crippen LogP contribution < -0.4 is 10.9 Å². The number of fused-ring (bicyclic) bond motifs is 6. The van der Waals surface area contributed by atoms with E-state index in [2.05, 4.69) is 4.98 Å². The first-order valence-electron chi connectivity index (χ1n) is 24.7. The Labute approximate surface area is 428 Å². The molecule has 10 rings (SSSR count). The number of aldehydes is 1. The van der Waals surface area contributed by atoms with Crippen molar-refractivity contribution in [2.45, 2.75) is 107 Å². The maximum atomic E-state index is 15.2. The molecule has 6 aromatic carbocycles. The Balaban J connectivity index is 1.48. The lowest BCUT2D eigenvalue weighted by atomic mass is 9.82. The first-order valence-corrected chi connectivity index (χ1v) is 24.7. The van der Waals surface area contributed by atoms with Gasteiger partial charge in [0, 0.05) is 78.2 Å². The van der Waals surface area contributed by atoms with Gasteiger partial charge >= 0.3 is 0 Å². The van der Waals surface area contributed by atoms with E-state index < -0.39 is 68.7 Å². The van der Waals surface area contributed by atoms with E-state index >= 15 is 9.59 Å². The molecule has 0 fully saturated rings. The molecule has 2 bridgehead atoms. The van der Waals surface area contributed by atoms with E-state index in [1.54, 1.807) is 93.5 Å². The van der Waals surface area contributed by atoms with Crippen LogP contribution in [0.4, 0.5) is 0 Å². The average molecular weight is 1010 g/mol. The van der Waals surface area contributed by atoms with E-state index in [0.29, 0.717) is 55.6 Å². The lowest BCUT2D eigenvalue weighted by Crippen LogP contribution is -2.12. The Bertz CT molecular complexity index is 4300. The van der Waals surface area contributed by atoms with Crippen molar-refractivity contribution in [2.75, 3.05) is 0 Å². The number of aromatic amines is 1. The Kier molecular flexibility index (Phi) is 11.2. The van der Waals surface area contributed by atoms with E-state index in [-0.39, 0.29) is 118 Å².